The van der Waals surface area contributed by atoms with E-state index in [-0.39, 0.29) is 17.3 Å². The molecule has 1 aliphatic rings. The van der Waals surface area contributed by atoms with Gasteiger partial charge in [0, 0.05) is 31.5 Å². The van der Waals surface area contributed by atoms with E-state index in [2.05, 4.69) is 15.3 Å². The average molecular weight is 365 g/mol. The molecule has 0 unspecified atom stereocenters. The molecule has 0 aliphatic carbocycles. The van der Waals surface area contributed by atoms with Crippen LogP contribution in [0, 0.1) is 0 Å². The van der Waals surface area contributed by atoms with Crippen LogP contribution in [-0.4, -0.2) is 48.9 Å². The number of aromatic nitrogens is 2. The van der Waals surface area contributed by atoms with Crippen molar-refractivity contribution in [3.8, 4) is 0 Å². The van der Waals surface area contributed by atoms with Crippen molar-refractivity contribution >= 4 is 45.1 Å². The number of sulfonamides is 1. The van der Waals surface area contributed by atoms with Crippen LogP contribution in [0.2, 0.25) is 5.02 Å². The Morgan fingerprint density at radius 1 is 1.41 bits per heavy atom. The number of aromatic amines is 1. The van der Waals surface area contributed by atoms with E-state index < -0.39 is 10.0 Å². The van der Waals surface area contributed by atoms with Gasteiger partial charge in [0.2, 0.25) is 10.0 Å². The van der Waals surface area contributed by atoms with Crippen LogP contribution >= 0.6 is 24.0 Å². The first-order valence-electron chi connectivity index (χ1n) is 6.83. The normalized spacial score (nSPS) is 17.5. The summed E-state index contributed by atoms with van der Waals surface area (Å²) in [7, 11) is -1.65. The Hall–Kier alpha value is -0.860. The third kappa shape index (κ3) is 2.96. The minimum atomic E-state index is -3.55. The maximum absolute atomic E-state index is 12.8. The standard InChI is InChI=1S/C13H17ClN4O2S.ClH/c1-15-9-3-6-18(7-4-9)21(19,20)11-8-17-13-12(11)10(14)2-5-16-13;/h2,5,8-9,15H,3-4,6-7H2,1H3,(H,16,17);1H. The third-order valence-electron chi connectivity index (χ3n) is 3.97. The van der Waals surface area contributed by atoms with Gasteiger partial charge in [-0.3, -0.25) is 0 Å². The van der Waals surface area contributed by atoms with E-state index in [1.165, 1.54) is 10.5 Å². The lowest BCUT2D eigenvalue weighted by atomic mass is 10.1. The second-order valence-electron chi connectivity index (χ2n) is 5.14. The second-order valence-corrected chi connectivity index (χ2v) is 7.45. The number of rotatable bonds is 3. The molecule has 0 aromatic carbocycles. The zero-order valence-electron chi connectivity index (χ0n) is 12.0. The molecule has 0 atom stereocenters. The highest BCUT2D eigenvalue weighted by atomic mass is 35.5. The molecule has 6 nitrogen and oxygen atoms in total. The zero-order valence-corrected chi connectivity index (χ0v) is 14.4. The van der Waals surface area contributed by atoms with Gasteiger partial charge in [-0.2, -0.15) is 4.31 Å². The van der Waals surface area contributed by atoms with Crippen molar-refractivity contribution < 1.29 is 8.42 Å². The average Bonchev–Trinajstić information content (AvgIpc) is 2.93. The van der Waals surface area contributed by atoms with Crippen molar-refractivity contribution in [2.24, 2.45) is 0 Å². The smallest absolute Gasteiger partial charge is 0.245 e. The van der Waals surface area contributed by atoms with Crippen LogP contribution in [-0.2, 0) is 10.0 Å². The van der Waals surface area contributed by atoms with Gasteiger partial charge < -0.3 is 10.3 Å². The first kappa shape index (κ1) is 17.5. The van der Waals surface area contributed by atoms with E-state index in [4.69, 9.17) is 11.6 Å². The number of hydrogen-bond acceptors (Lipinski definition) is 4. The van der Waals surface area contributed by atoms with E-state index in [1.807, 2.05) is 7.05 Å². The summed E-state index contributed by atoms with van der Waals surface area (Å²) in [6.07, 6.45) is 4.65. The second kappa shape index (κ2) is 6.72. The molecule has 0 amide bonds. The molecule has 122 valence electrons. The minimum Gasteiger partial charge on any atom is -0.345 e. The van der Waals surface area contributed by atoms with Crippen LogP contribution in [0.1, 0.15) is 12.8 Å². The first-order chi connectivity index (χ1) is 10.0. The van der Waals surface area contributed by atoms with Gasteiger partial charge in [-0.05, 0) is 26.0 Å². The maximum Gasteiger partial charge on any atom is 0.245 e. The summed E-state index contributed by atoms with van der Waals surface area (Å²) < 4.78 is 27.1. The molecule has 3 heterocycles. The molecule has 2 aromatic heterocycles. The van der Waals surface area contributed by atoms with Gasteiger partial charge in [-0.15, -0.1) is 12.4 Å². The Morgan fingerprint density at radius 2 is 2.09 bits per heavy atom. The number of hydrogen-bond donors (Lipinski definition) is 2. The fraction of sp³-hybridized carbons (Fsp3) is 0.462. The molecular weight excluding hydrogens is 347 g/mol. The molecule has 0 bridgehead atoms. The molecule has 3 rings (SSSR count). The van der Waals surface area contributed by atoms with Crippen molar-refractivity contribution in [1.82, 2.24) is 19.6 Å². The Kier molecular flexibility index (Phi) is 5.34. The van der Waals surface area contributed by atoms with E-state index >= 15 is 0 Å². The molecule has 2 aromatic rings. The monoisotopic (exact) mass is 364 g/mol. The Labute approximate surface area is 140 Å². The van der Waals surface area contributed by atoms with Gasteiger partial charge in [0.25, 0.3) is 0 Å². The summed E-state index contributed by atoms with van der Waals surface area (Å²) in [6, 6.07) is 1.98. The van der Waals surface area contributed by atoms with E-state index in [0.717, 1.165) is 12.8 Å². The zero-order chi connectivity index (χ0) is 15.0. The Balaban J connectivity index is 0.00000176. The SMILES string of the molecule is CNC1CCN(S(=O)(=O)c2c[nH]c3nccc(Cl)c23)CC1.Cl. The molecule has 1 fully saturated rings. The number of H-pyrrole nitrogens is 1. The summed E-state index contributed by atoms with van der Waals surface area (Å²) in [6.45, 7) is 1.02. The van der Waals surface area contributed by atoms with Gasteiger partial charge in [-0.25, -0.2) is 13.4 Å². The van der Waals surface area contributed by atoms with Crippen molar-refractivity contribution in [2.45, 2.75) is 23.8 Å². The van der Waals surface area contributed by atoms with E-state index in [1.54, 1.807) is 12.3 Å². The van der Waals surface area contributed by atoms with E-state index in [9.17, 15) is 8.42 Å². The molecular formula is C13H18Cl2N4O2S. The predicted octanol–water partition coefficient (Wildman–Crippen LogP) is 2.01. The van der Waals surface area contributed by atoms with Gasteiger partial charge in [0.15, 0.2) is 0 Å². The first-order valence-corrected chi connectivity index (χ1v) is 8.65. The summed E-state index contributed by atoms with van der Waals surface area (Å²) in [5.74, 6) is 0. The highest BCUT2D eigenvalue weighted by molar-refractivity contribution is 7.89. The van der Waals surface area contributed by atoms with Crippen molar-refractivity contribution in [3.63, 3.8) is 0 Å². The highest BCUT2D eigenvalue weighted by Crippen LogP contribution is 2.31. The Morgan fingerprint density at radius 3 is 2.73 bits per heavy atom. The topological polar surface area (TPSA) is 78.1 Å². The van der Waals surface area contributed by atoms with E-state index in [0.29, 0.717) is 35.2 Å². The van der Waals surface area contributed by atoms with Crippen molar-refractivity contribution in [3.05, 3.63) is 23.5 Å². The largest absolute Gasteiger partial charge is 0.345 e. The molecule has 0 radical (unpaired) electrons. The number of nitrogens with zero attached hydrogens (tertiary/aromatic N) is 2. The van der Waals surface area contributed by atoms with Crippen LogP contribution < -0.4 is 5.32 Å². The lowest BCUT2D eigenvalue weighted by molar-refractivity contribution is 0.298. The fourth-order valence-electron chi connectivity index (χ4n) is 2.72. The Bertz CT molecular complexity index is 754. The number of fused-ring (bicyclic) bond motifs is 1. The third-order valence-corrected chi connectivity index (χ3v) is 6.20. The lowest BCUT2D eigenvalue weighted by Crippen LogP contribution is -2.43. The quantitative estimate of drug-likeness (QED) is 0.872. The van der Waals surface area contributed by atoms with Crippen LogP contribution in [0.3, 0.4) is 0 Å². The van der Waals surface area contributed by atoms with Crippen molar-refractivity contribution in [2.75, 3.05) is 20.1 Å². The van der Waals surface area contributed by atoms with Gasteiger partial charge in [0.05, 0.1) is 10.4 Å². The summed E-state index contributed by atoms with van der Waals surface area (Å²) in [4.78, 5) is 7.20. The number of nitrogens with one attached hydrogen (secondary N) is 2. The number of pyridine rings is 1. The molecule has 1 aliphatic heterocycles. The maximum atomic E-state index is 12.8. The summed E-state index contributed by atoms with van der Waals surface area (Å²) >= 11 is 6.14. The molecule has 9 heteroatoms. The van der Waals surface area contributed by atoms with Crippen molar-refractivity contribution in [1.29, 1.82) is 0 Å². The van der Waals surface area contributed by atoms with Crippen LogP contribution in [0.25, 0.3) is 11.0 Å². The molecule has 0 saturated carbocycles. The van der Waals surface area contributed by atoms with Gasteiger partial charge in [-0.1, -0.05) is 11.6 Å². The van der Waals surface area contributed by atoms with Gasteiger partial charge in [0.1, 0.15) is 10.5 Å². The number of piperidine rings is 1. The molecule has 2 N–H and O–H groups in total. The number of halogens is 2. The molecule has 1 saturated heterocycles. The minimum absolute atomic E-state index is 0. The molecule has 0 spiro atoms. The van der Waals surface area contributed by atoms with Crippen LogP contribution in [0.15, 0.2) is 23.4 Å². The summed E-state index contributed by atoms with van der Waals surface area (Å²) in [5.41, 5.74) is 0.492. The van der Waals surface area contributed by atoms with Crippen LogP contribution in [0.4, 0.5) is 0 Å². The fourth-order valence-corrected chi connectivity index (χ4v) is 4.66. The molecule has 22 heavy (non-hydrogen) atoms. The van der Waals surface area contributed by atoms with Crippen LogP contribution in [0.5, 0.6) is 0 Å². The van der Waals surface area contributed by atoms with Gasteiger partial charge >= 0.3 is 0 Å². The highest BCUT2D eigenvalue weighted by Gasteiger charge is 2.31. The predicted molar refractivity (Wildman–Crippen MR) is 89.2 cm³/mol. The lowest BCUT2D eigenvalue weighted by Gasteiger charge is -2.30. The summed E-state index contributed by atoms with van der Waals surface area (Å²) in [5, 5.41) is 4.05.